The predicted octanol–water partition coefficient (Wildman–Crippen LogP) is 3.73. The largest absolute Gasteiger partial charge is 0.493 e. The van der Waals surface area contributed by atoms with Crippen LogP contribution in [0, 0.1) is 17.8 Å². The maximum Gasteiger partial charge on any atom is 0.405 e. The number of carboxylic acid groups (broad SMARTS) is 1. The number of carbonyl (C=O) groups is 2. The maximum atomic E-state index is 12.3. The van der Waals surface area contributed by atoms with Gasteiger partial charge in [0, 0.05) is 17.1 Å². The van der Waals surface area contributed by atoms with Gasteiger partial charge in [-0.05, 0) is 54.3 Å². The molecule has 2 aromatic rings. The first-order valence-corrected chi connectivity index (χ1v) is 10.5. The van der Waals surface area contributed by atoms with Crippen molar-refractivity contribution in [3.8, 4) is 23.3 Å². The van der Waals surface area contributed by atoms with Crippen LogP contribution in [0.15, 0.2) is 42.5 Å². The predicted molar refractivity (Wildman–Crippen MR) is 123 cm³/mol. The number of ether oxygens (including phenoxy) is 2. The summed E-state index contributed by atoms with van der Waals surface area (Å²) >= 11 is 5.86. The molecular weight excluding hydrogens is 432 g/mol. The van der Waals surface area contributed by atoms with Gasteiger partial charge in [0.1, 0.15) is 12.6 Å². The minimum atomic E-state index is -1.22. The first kappa shape index (κ1) is 24.9. The summed E-state index contributed by atoms with van der Waals surface area (Å²) in [6.45, 7) is 4.12. The van der Waals surface area contributed by atoms with E-state index in [1.807, 2.05) is 24.3 Å². The Kier molecular flexibility index (Phi) is 9.71. The second-order valence-corrected chi connectivity index (χ2v) is 7.73. The molecule has 2 amide bonds. The molecule has 2 aromatic carbocycles. The number of hydrogen-bond acceptors (Lipinski definition) is 4. The SMILES string of the molecule is COc1cc(CCNC(=O)[C@@H](NC(=O)O)C(C)C)ccc1OCC#Cc1ccc(Cl)cc1. The quantitative estimate of drug-likeness (QED) is 0.497. The molecule has 0 fully saturated rings. The van der Waals surface area contributed by atoms with Gasteiger partial charge < -0.3 is 25.2 Å². The molecule has 0 unspecified atom stereocenters. The molecule has 0 aliphatic heterocycles. The Morgan fingerprint density at radius 2 is 1.84 bits per heavy atom. The summed E-state index contributed by atoms with van der Waals surface area (Å²) in [6.07, 6.45) is -0.673. The number of carbonyl (C=O) groups excluding carboxylic acids is 1. The molecule has 8 heteroatoms. The summed E-state index contributed by atoms with van der Waals surface area (Å²) < 4.78 is 11.1. The summed E-state index contributed by atoms with van der Waals surface area (Å²) in [5, 5.41) is 14.6. The summed E-state index contributed by atoms with van der Waals surface area (Å²) in [6, 6.07) is 11.9. The molecule has 0 aliphatic rings. The molecule has 0 saturated carbocycles. The van der Waals surface area contributed by atoms with Crippen LogP contribution in [0.5, 0.6) is 11.5 Å². The molecule has 7 nitrogen and oxygen atoms in total. The van der Waals surface area contributed by atoms with Crippen molar-refractivity contribution in [2.75, 3.05) is 20.3 Å². The van der Waals surface area contributed by atoms with Gasteiger partial charge in [-0.25, -0.2) is 4.79 Å². The molecule has 0 radical (unpaired) electrons. The van der Waals surface area contributed by atoms with Crippen molar-refractivity contribution in [1.29, 1.82) is 0 Å². The Hall–Kier alpha value is -3.37. The average molecular weight is 459 g/mol. The second-order valence-electron chi connectivity index (χ2n) is 7.29. The van der Waals surface area contributed by atoms with Crippen LogP contribution in [0.1, 0.15) is 25.0 Å². The van der Waals surface area contributed by atoms with E-state index in [4.69, 9.17) is 26.2 Å². The first-order valence-electron chi connectivity index (χ1n) is 10.1. The molecule has 0 heterocycles. The smallest absolute Gasteiger partial charge is 0.405 e. The van der Waals surface area contributed by atoms with Gasteiger partial charge in [0.05, 0.1) is 7.11 Å². The third-order valence-electron chi connectivity index (χ3n) is 4.55. The fourth-order valence-corrected chi connectivity index (χ4v) is 3.01. The van der Waals surface area contributed by atoms with E-state index in [1.165, 1.54) is 0 Å². The lowest BCUT2D eigenvalue weighted by atomic mass is 10.0. The van der Waals surface area contributed by atoms with Crippen LogP contribution < -0.4 is 20.1 Å². The molecule has 3 N–H and O–H groups in total. The lowest BCUT2D eigenvalue weighted by Crippen LogP contribution is -2.49. The highest BCUT2D eigenvalue weighted by molar-refractivity contribution is 6.30. The third kappa shape index (κ3) is 8.05. The van der Waals surface area contributed by atoms with Crippen molar-refractivity contribution in [2.45, 2.75) is 26.3 Å². The third-order valence-corrected chi connectivity index (χ3v) is 4.80. The minimum Gasteiger partial charge on any atom is -0.493 e. The molecule has 0 aromatic heterocycles. The van der Waals surface area contributed by atoms with E-state index in [9.17, 15) is 9.59 Å². The molecule has 0 aliphatic carbocycles. The van der Waals surface area contributed by atoms with E-state index in [1.54, 1.807) is 39.2 Å². The molecule has 170 valence electrons. The number of amides is 2. The van der Waals surface area contributed by atoms with Crippen LogP contribution in [0.4, 0.5) is 4.79 Å². The number of rotatable bonds is 9. The van der Waals surface area contributed by atoms with Gasteiger partial charge in [0.2, 0.25) is 5.91 Å². The Balaban J connectivity index is 1.89. The van der Waals surface area contributed by atoms with E-state index in [0.29, 0.717) is 29.5 Å². The first-order chi connectivity index (χ1) is 15.3. The standard InChI is InChI=1S/C24H27ClN2O5/c1-16(2)22(27-24(29)30)23(28)26-13-12-18-8-11-20(21(15-18)31-3)32-14-4-5-17-6-9-19(25)10-7-17/h6-11,15-16,22,27H,12-14H2,1-3H3,(H,26,28)(H,29,30)/t22-/m0/s1. The Bertz CT molecular complexity index is 980. The van der Waals surface area contributed by atoms with E-state index >= 15 is 0 Å². The van der Waals surface area contributed by atoms with Gasteiger partial charge >= 0.3 is 6.09 Å². The Morgan fingerprint density at radius 1 is 1.12 bits per heavy atom. The van der Waals surface area contributed by atoms with Crippen molar-refractivity contribution in [1.82, 2.24) is 10.6 Å². The van der Waals surface area contributed by atoms with E-state index < -0.39 is 12.1 Å². The van der Waals surface area contributed by atoms with Crippen molar-refractivity contribution < 1.29 is 24.2 Å². The maximum absolute atomic E-state index is 12.3. The van der Waals surface area contributed by atoms with Gasteiger partial charge in [-0.15, -0.1) is 0 Å². The van der Waals surface area contributed by atoms with Gasteiger partial charge in [-0.2, -0.15) is 0 Å². The average Bonchev–Trinajstić information content (AvgIpc) is 2.76. The highest BCUT2D eigenvalue weighted by Gasteiger charge is 2.23. The molecule has 1 atom stereocenters. The van der Waals surface area contributed by atoms with Crippen LogP contribution in [0.25, 0.3) is 0 Å². The zero-order valence-electron chi connectivity index (χ0n) is 18.3. The second kappa shape index (κ2) is 12.5. The summed E-state index contributed by atoms with van der Waals surface area (Å²) in [5.74, 6) is 6.57. The molecular formula is C24H27ClN2O5. The van der Waals surface area contributed by atoms with E-state index in [2.05, 4.69) is 22.5 Å². The van der Waals surface area contributed by atoms with Crippen LogP contribution in [0.3, 0.4) is 0 Å². The lowest BCUT2D eigenvalue weighted by Gasteiger charge is -2.20. The van der Waals surface area contributed by atoms with Crippen LogP contribution >= 0.6 is 11.6 Å². The highest BCUT2D eigenvalue weighted by Crippen LogP contribution is 2.28. The fraction of sp³-hybridized carbons (Fsp3) is 0.333. The lowest BCUT2D eigenvalue weighted by molar-refractivity contribution is -0.123. The van der Waals surface area contributed by atoms with Gasteiger partial charge in [0.25, 0.3) is 0 Å². The number of halogens is 1. The summed E-state index contributed by atoms with van der Waals surface area (Å²) in [7, 11) is 1.55. The summed E-state index contributed by atoms with van der Waals surface area (Å²) in [5.41, 5.74) is 1.79. The van der Waals surface area contributed by atoms with Gasteiger partial charge in [-0.1, -0.05) is 43.4 Å². The Labute approximate surface area is 193 Å². The molecule has 0 bridgehead atoms. The molecule has 0 spiro atoms. The number of benzene rings is 2. The Morgan fingerprint density at radius 3 is 2.47 bits per heavy atom. The van der Waals surface area contributed by atoms with Crippen molar-refractivity contribution in [3.05, 3.63) is 58.6 Å². The number of hydrogen-bond donors (Lipinski definition) is 3. The molecule has 0 saturated heterocycles. The highest BCUT2D eigenvalue weighted by atomic mass is 35.5. The summed E-state index contributed by atoms with van der Waals surface area (Å²) in [4.78, 5) is 23.1. The number of methoxy groups -OCH3 is 1. The minimum absolute atomic E-state index is 0.162. The molecule has 32 heavy (non-hydrogen) atoms. The van der Waals surface area contributed by atoms with Gasteiger partial charge in [-0.3, -0.25) is 4.79 Å². The zero-order chi connectivity index (χ0) is 23.5. The zero-order valence-corrected chi connectivity index (χ0v) is 19.0. The number of nitrogens with one attached hydrogen (secondary N) is 2. The molecule has 2 rings (SSSR count). The van der Waals surface area contributed by atoms with Crippen LogP contribution in [-0.2, 0) is 11.2 Å². The monoisotopic (exact) mass is 458 g/mol. The van der Waals surface area contributed by atoms with Crippen LogP contribution in [-0.4, -0.2) is 43.4 Å². The van der Waals surface area contributed by atoms with Crippen LogP contribution in [0.2, 0.25) is 5.02 Å². The topological polar surface area (TPSA) is 96.9 Å². The van der Waals surface area contributed by atoms with Crippen molar-refractivity contribution in [3.63, 3.8) is 0 Å². The van der Waals surface area contributed by atoms with E-state index in [-0.39, 0.29) is 18.4 Å². The fourth-order valence-electron chi connectivity index (χ4n) is 2.88. The van der Waals surface area contributed by atoms with Gasteiger partial charge in [0.15, 0.2) is 11.5 Å². The normalized spacial score (nSPS) is 11.2. The van der Waals surface area contributed by atoms with E-state index in [0.717, 1.165) is 11.1 Å². The van der Waals surface area contributed by atoms with Crippen molar-refractivity contribution >= 4 is 23.6 Å². The van der Waals surface area contributed by atoms with Crippen molar-refractivity contribution in [2.24, 2.45) is 5.92 Å².